The quantitative estimate of drug-likeness (QED) is 0.399. The highest BCUT2D eigenvalue weighted by Gasteiger charge is 2.32. The average molecular weight is 490 g/mol. The Morgan fingerprint density at radius 2 is 2.00 bits per heavy atom. The Bertz CT molecular complexity index is 1570. The maximum atomic E-state index is 13.3. The molecule has 1 amide bonds. The Morgan fingerprint density at radius 3 is 2.67 bits per heavy atom. The summed E-state index contributed by atoms with van der Waals surface area (Å²) in [6.07, 6.45) is 9.01. The van der Waals surface area contributed by atoms with Crippen molar-refractivity contribution in [2.24, 2.45) is 13.0 Å². The van der Waals surface area contributed by atoms with E-state index in [0.717, 1.165) is 32.1 Å². The van der Waals surface area contributed by atoms with Gasteiger partial charge in [-0.25, -0.2) is 14.8 Å². The van der Waals surface area contributed by atoms with E-state index >= 15 is 0 Å². The molecule has 0 spiro atoms. The summed E-state index contributed by atoms with van der Waals surface area (Å²) in [5.41, 5.74) is 0.687. The number of hydrogen-bond donors (Lipinski definition) is 1. The number of carbonyl (C=O) groups excluding carboxylic acids is 1. The fourth-order valence-corrected chi connectivity index (χ4v) is 4.55. The van der Waals surface area contributed by atoms with Crippen molar-refractivity contribution in [3.8, 4) is 11.5 Å². The molecule has 6 rings (SSSR count). The summed E-state index contributed by atoms with van der Waals surface area (Å²) in [4.78, 5) is 57.2. The van der Waals surface area contributed by atoms with Gasteiger partial charge in [0.1, 0.15) is 22.7 Å². The van der Waals surface area contributed by atoms with Gasteiger partial charge in [-0.1, -0.05) is 6.92 Å². The molecular weight excluding hydrogens is 462 g/mol. The zero-order chi connectivity index (χ0) is 25.0. The smallest absolute Gasteiger partial charge is 0.331 e. The van der Waals surface area contributed by atoms with Crippen LogP contribution in [-0.2, 0) is 13.6 Å². The Labute approximate surface area is 205 Å². The van der Waals surface area contributed by atoms with Gasteiger partial charge in [0.2, 0.25) is 0 Å². The molecule has 0 bridgehead atoms. The van der Waals surface area contributed by atoms with Crippen molar-refractivity contribution in [3.63, 3.8) is 0 Å². The number of aromatic nitrogens is 8. The van der Waals surface area contributed by atoms with Gasteiger partial charge in [-0.2, -0.15) is 5.10 Å². The largest absolute Gasteiger partial charge is 0.333 e. The molecule has 0 unspecified atom stereocenters. The fraction of sp³-hybridized carbons (Fsp3) is 0.458. The van der Waals surface area contributed by atoms with E-state index in [1.165, 1.54) is 23.2 Å². The number of aromatic amines is 1. The molecule has 0 saturated heterocycles. The van der Waals surface area contributed by atoms with Gasteiger partial charge in [0.15, 0.2) is 11.5 Å². The second-order valence-corrected chi connectivity index (χ2v) is 9.59. The zero-order valence-corrected chi connectivity index (χ0v) is 20.2. The summed E-state index contributed by atoms with van der Waals surface area (Å²) in [7, 11) is 1.76. The number of H-pyrrole nitrogens is 1. The van der Waals surface area contributed by atoms with Gasteiger partial charge in [0.25, 0.3) is 11.5 Å². The predicted molar refractivity (Wildman–Crippen MR) is 132 cm³/mol. The highest BCUT2D eigenvalue weighted by molar-refractivity contribution is 6.04. The molecular formula is C24H27N9O3. The minimum absolute atomic E-state index is 0.0474. The molecule has 2 fully saturated rings. The van der Waals surface area contributed by atoms with E-state index in [9.17, 15) is 14.4 Å². The van der Waals surface area contributed by atoms with E-state index in [1.807, 2.05) is 6.92 Å². The lowest BCUT2D eigenvalue weighted by Gasteiger charge is -2.21. The van der Waals surface area contributed by atoms with E-state index in [0.29, 0.717) is 47.5 Å². The Balaban J connectivity index is 1.44. The van der Waals surface area contributed by atoms with E-state index in [2.05, 4.69) is 25.0 Å². The number of amides is 1. The molecule has 4 aromatic heterocycles. The van der Waals surface area contributed by atoms with Gasteiger partial charge in [-0.3, -0.25) is 33.3 Å². The van der Waals surface area contributed by atoms with Crippen molar-refractivity contribution in [2.75, 3.05) is 11.4 Å². The van der Waals surface area contributed by atoms with Crippen LogP contribution in [0.15, 0.2) is 34.2 Å². The van der Waals surface area contributed by atoms with Gasteiger partial charge in [-0.15, -0.1) is 0 Å². The van der Waals surface area contributed by atoms with Crippen LogP contribution in [0.1, 0.15) is 55.6 Å². The fourth-order valence-electron chi connectivity index (χ4n) is 4.55. The first-order valence-electron chi connectivity index (χ1n) is 12.3. The van der Waals surface area contributed by atoms with Gasteiger partial charge in [0, 0.05) is 44.6 Å². The Hall–Kier alpha value is -4.09. The van der Waals surface area contributed by atoms with Gasteiger partial charge < -0.3 is 4.98 Å². The first-order chi connectivity index (χ1) is 17.5. The van der Waals surface area contributed by atoms with Crippen LogP contribution in [0.2, 0.25) is 0 Å². The topological polar surface area (TPSA) is 137 Å². The number of nitrogens with one attached hydrogen (secondary N) is 1. The number of fused-ring (bicyclic) bond motifs is 1. The van der Waals surface area contributed by atoms with Crippen LogP contribution in [0.4, 0.5) is 5.82 Å². The Kier molecular flexibility index (Phi) is 5.31. The van der Waals surface area contributed by atoms with E-state index in [1.54, 1.807) is 27.3 Å². The minimum Gasteiger partial charge on any atom is -0.331 e. The SMILES string of the molecule is CCCn1c(=O)n(C2CC2)c(=O)c2[nH]c(-c3cc(N(CC4CC4)C(=O)c4cnccn4)n(C)n3)nc21. The molecule has 2 saturated carbocycles. The molecule has 0 atom stereocenters. The van der Waals surface area contributed by atoms with Crippen molar-refractivity contribution in [3.05, 3.63) is 51.2 Å². The molecule has 2 aliphatic rings. The summed E-state index contributed by atoms with van der Waals surface area (Å²) in [5.74, 6) is 1.15. The molecule has 36 heavy (non-hydrogen) atoms. The number of carbonyl (C=O) groups is 1. The monoisotopic (exact) mass is 489 g/mol. The first kappa shape index (κ1) is 22.4. The zero-order valence-electron chi connectivity index (χ0n) is 20.2. The molecule has 2 aliphatic carbocycles. The van der Waals surface area contributed by atoms with Crippen LogP contribution >= 0.6 is 0 Å². The summed E-state index contributed by atoms with van der Waals surface area (Å²) in [6.45, 7) is 2.99. The highest BCUT2D eigenvalue weighted by Crippen LogP contribution is 2.34. The molecule has 12 nitrogen and oxygen atoms in total. The van der Waals surface area contributed by atoms with Gasteiger partial charge in [0.05, 0.1) is 6.20 Å². The maximum absolute atomic E-state index is 13.3. The van der Waals surface area contributed by atoms with Crippen LogP contribution in [0.3, 0.4) is 0 Å². The predicted octanol–water partition coefficient (Wildman–Crippen LogP) is 1.88. The molecule has 4 aromatic rings. The van der Waals surface area contributed by atoms with Crippen LogP contribution in [0.5, 0.6) is 0 Å². The van der Waals surface area contributed by atoms with E-state index in [-0.39, 0.29) is 28.9 Å². The molecule has 12 heteroatoms. The van der Waals surface area contributed by atoms with Crippen molar-refractivity contribution in [1.82, 2.24) is 38.9 Å². The van der Waals surface area contributed by atoms with Crippen molar-refractivity contribution < 1.29 is 4.79 Å². The third-order valence-corrected chi connectivity index (χ3v) is 6.71. The Morgan fingerprint density at radius 1 is 1.19 bits per heavy atom. The van der Waals surface area contributed by atoms with Crippen molar-refractivity contribution in [2.45, 2.75) is 51.6 Å². The standard InChI is InChI=1S/C24H27N9O3/c1-3-10-31-21-19(23(35)33(24(31)36)15-6-7-15)27-20(28-21)16-11-18(30(2)29-16)32(13-14-4-5-14)22(34)17-12-25-8-9-26-17/h8-9,11-12,14-15H,3-7,10,13H2,1-2H3,(H,27,28). The van der Waals surface area contributed by atoms with Crippen LogP contribution < -0.4 is 16.1 Å². The number of rotatable bonds is 8. The molecule has 186 valence electrons. The summed E-state index contributed by atoms with van der Waals surface area (Å²) in [6, 6.07) is 1.73. The van der Waals surface area contributed by atoms with Crippen LogP contribution in [0, 0.1) is 5.92 Å². The second-order valence-electron chi connectivity index (χ2n) is 9.59. The average Bonchev–Trinajstić information content (AvgIpc) is 3.81. The molecule has 1 N–H and O–H groups in total. The number of imidazole rings is 1. The van der Waals surface area contributed by atoms with Gasteiger partial charge in [-0.05, 0) is 38.0 Å². The van der Waals surface area contributed by atoms with Crippen molar-refractivity contribution >= 4 is 22.9 Å². The second kappa shape index (κ2) is 8.54. The highest BCUT2D eigenvalue weighted by atomic mass is 16.2. The third kappa shape index (κ3) is 3.82. The number of aryl methyl sites for hydroxylation is 2. The summed E-state index contributed by atoms with van der Waals surface area (Å²) in [5, 5.41) is 4.60. The van der Waals surface area contributed by atoms with Crippen LogP contribution in [-0.4, -0.2) is 51.3 Å². The van der Waals surface area contributed by atoms with Crippen LogP contribution in [0.25, 0.3) is 22.7 Å². The number of nitrogens with zero attached hydrogens (tertiary/aromatic N) is 8. The summed E-state index contributed by atoms with van der Waals surface area (Å²) >= 11 is 0. The van der Waals surface area contributed by atoms with E-state index in [4.69, 9.17) is 0 Å². The number of anilines is 1. The lowest BCUT2D eigenvalue weighted by molar-refractivity contribution is 0.0979. The first-order valence-corrected chi connectivity index (χ1v) is 12.3. The molecule has 4 heterocycles. The lowest BCUT2D eigenvalue weighted by Crippen LogP contribution is -2.39. The third-order valence-electron chi connectivity index (χ3n) is 6.71. The molecule has 0 radical (unpaired) electrons. The van der Waals surface area contributed by atoms with E-state index < -0.39 is 0 Å². The minimum atomic E-state index is -0.354. The summed E-state index contributed by atoms with van der Waals surface area (Å²) < 4.78 is 4.54. The normalized spacial score (nSPS) is 15.5. The van der Waals surface area contributed by atoms with Crippen molar-refractivity contribution in [1.29, 1.82) is 0 Å². The number of hydrogen-bond acceptors (Lipinski definition) is 7. The lowest BCUT2D eigenvalue weighted by atomic mass is 10.3. The molecule has 0 aromatic carbocycles. The van der Waals surface area contributed by atoms with Gasteiger partial charge >= 0.3 is 5.69 Å². The molecule has 0 aliphatic heterocycles. The maximum Gasteiger partial charge on any atom is 0.333 e.